The third kappa shape index (κ3) is 1.94. The SMILES string of the molecule is Cc1cc(Cl)c(O)c(CON)c1C. The van der Waals surface area contributed by atoms with Gasteiger partial charge in [-0.3, -0.25) is 4.84 Å². The summed E-state index contributed by atoms with van der Waals surface area (Å²) >= 11 is 5.78. The van der Waals surface area contributed by atoms with E-state index in [0.717, 1.165) is 11.1 Å². The largest absolute Gasteiger partial charge is 0.506 e. The predicted octanol–water partition coefficient (Wildman–Crippen LogP) is 2.05. The molecule has 0 aliphatic carbocycles. The molecule has 1 rings (SSSR count). The molecule has 0 saturated carbocycles. The zero-order chi connectivity index (χ0) is 10.0. The summed E-state index contributed by atoms with van der Waals surface area (Å²) < 4.78 is 0. The Labute approximate surface area is 82.0 Å². The normalized spacial score (nSPS) is 10.5. The average molecular weight is 202 g/mol. The Morgan fingerprint density at radius 1 is 1.54 bits per heavy atom. The quantitative estimate of drug-likeness (QED) is 0.721. The molecule has 0 aromatic heterocycles. The van der Waals surface area contributed by atoms with Crippen LogP contribution in [0.25, 0.3) is 0 Å². The van der Waals surface area contributed by atoms with Crippen LogP contribution in [0, 0.1) is 13.8 Å². The first-order chi connectivity index (χ1) is 6.07. The molecule has 4 heteroatoms. The molecule has 0 aliphatic rings. The van der Waals surface area contributed by atoms with Crippen LogP contribution in [-0.4, -0.2) is 5.11 Å². The highest BCUT2D eigenvalue weighted by Gasteiger charge is 2.11. The second-order valence-electron chi connectivity index (χ2n) is 2.94. The summed E-state index contributed by atoms with van der Waals surface area (Å²) in [6, 6.07) is 1.71. The van der Waals surface area contributed by atoms with E-state index in [9.17, 15) is 5.11 Å². The summed E-state index contributed by atoms with van der Waals surface area (Å²) in [7, 11) is 0. The van der Waals surface area contributed by atoms with Crippen molar-refractivity contribution in [3.8, 4) is 5.75 Å². The third-order valence-corrected chi connectivity index (χ3v) is 2.42. The van der Waals surface area contributed by atoms with Crippen molar-refractivity contribution < 1.29 is 9.94 Å². The van der Waals surface area contributed by atoms with Gasteiger partial charge in [-0.25, -0.2) is 5.90 Å². The first kappa shape index (κ1) is 10.3. The molecule has 0 spiro atoms. The maximum Gasteiger partial charge on any atom is 0.140 e. The molecule has 0 saturated heterocycles. The van der Waals surface area contributed by atoms with Gasteiger partial charge in [0.15, 0.2) is 0 Å². The summed E-state index contributed by atoms with van der Waals surface area (Å²) in [5.74, 6) is 5.00. The lowest BCUT2D eigenvalue weighted by molar-refractivity contribution is 0.121. The van der Waals surface area contributed by atoms with E-state index in [4.69, 9.17) is 17.5 Å². The molecule has 0 atom stereocenters. The Morgan fingerprint density at radius 2 is 2.15 bits per heavy atom. The highest BCUT2D eigenvalue weighted by Crippen LogP contribution is 2.32. The Kier molecular flexibility index (Phi) is 3.14. The molecule has 0 heterocycles. The zero-order valence-electron chi connectivity index (χ0n) is 7.60. The number of benzene rings is 1. The molecule has 1 aromatic carbocycles. The fraction of sp³-hybridized carbons (Fsp3) is 0.333. The van der Waals surface area contributed by atoms with Crippen LogP contribution in [0.15, 0.2) is 6.07 Å². The first-order valence-corrected chi connectivity index (χ1v) is 4.25. The summed E-state index contributed by atoms with van der Waals surface area (Å²) in [6.45, 7) is 3.97. The van der Waals surface area contributed by atoms with Gasteiger partial charge in [-0.15, -0.1) is 0 Å². The standard InChI is InChI=1S/C9H12ClNO2/c1-5-3-8(10)9(12)7(4-13-11)6(5)2/h3,12H,4,11H2,1-2H3. The molecule has 0 amide bonds. The number of halogens is 1. The Morgan fingerprint density at radius 3 is 2.69 bits per heavy atom. The van der Waals surface area contributed by atoms with Gasteiger partial charge in [0.2, 0.25) is 0 Å². The van der Waals surface area contributed by atoms with Crippen molar-refractivity contribution in [3.05, 3.63) is 27.8 Å². The third-order valence-electron chi connectivity index (χ3n) is 2.13. The number of aryl methyl sites for hydroxylation is 1. The van der Waals surface area contributed by atoms with Gasteiger partial charge >= 0.3 is 0 Å². The monoisotopic (exact) mass is 201 g/mol. The molecule has 13 heavy (non-hydrogen) atoms. The molecule has 1 aromatic rings. The Bertz CT molecular complexity index is 300. The van der Waals surface area contributed by atoms with E-state index in [1.54, 1.807) is 6.07 Å². The van der Waals surface area contributed by atoms with Crippen molar-refractivity contribution in [1.82, 2.24) is 0 Å². The van der Waals surface area contributed by atoms with E-state index in [0.29, 0.717) is 10.6 Å². The fourth-order valence-electron chi connectivity index (χ4n) is 1.19. The summed E-state index contributed by atoms with van der Waals surface area (Å²) in [6.07, 6.45) is 0. The lowest BCUT2D eigenvalue weighted by Gasteiger charge is -2.11. The van der Waals surface area contributed by atoms with Crippen molar-refractivity contribution in [1.29, 1.82) is 0 Å². The van der Waals surface area contributed by atoms with Crippen molar-refractivity contribution in [2.75, 3.05) is 0 Å². The van der Waals surface area contributed by atoms with E-state index < -0.39 is 0 Å². The molecule has 0 aliphatic heterocycles. The smallest absolute Gasteiger partial charge is 0.140 e. The second-order valence-corrected chi connectivity index (χ2v) is 3.35. The molecule has 0 fully saturated rings. The Hall–Kier alpha value is -0.770. The van der Waals surface area contributed by atoms with E-state index in [1.807, 2.05) is 13.8 Å². The topological polar surface area (TPSA) is 55.5 Å². The van der Waals surface area contributed by atoms with Crippen molar-refractivity contribution >= 4 is 11.6 Å². The highest BCUT2D eigenvalue weighted by atomic mass is 35.5. The van der Waals surface area contributed by atoms with E-state index in [1.165, 1.54) is 0 Å². The molecule has 3 nitrogen and oxygen atoms in total. The molecular formula is C9H12ClNO2. The molecule has 0 unspecified atom stereocenters. The second kappa shape index (κ2) is 3.96. The number of nitrogens with two attached hydrogens (primary N) is 1. The first-order valence-electron chi connectivity index (χ1n) is 3.87. The lowest BCUT2D eigenvalue weighted by Crippen LogP contribution is -2.02. The molecule has 3 N–H and O–H groups in total. The molecule has 0 bridgehead atoms. The predicted molar refractivity (Wildman–Crippen MR) is 51.6 cm³/mol. The van der Waals surface area contributed by atoms with Crippen LogP contribution < -0.4 is 5.90 Å². The molecule has 72 valence electrons. The van der Waals surface area contributed by atoms with Crippen LogP contribution in [0.3, 0.4) is 0 Å². The van der Waals surface area contributed by atoms with E-state index in [-0.39, 0.29) is 12.4 Å². The van der Waals surface area contributed by atoms with Crippen LogP contribution in [0.1, 0.15) is 16.7 Å². The number of phenols is 1. The fourth-order valence-corrected chi connectivity index (χ4v) is 1.46. The lowest BCUT2D eigenvalue weighted by atomic mass is 10.0. The summed E-state index contributed by atoms with van der Waals surface area (Å²) in [5.41, 5.74) is 2.61. The van der Waals surface area contributed by atoms with Crippen LogP contribution in [0.2, 0.25) is 5.02 Å². The minimum atomic E-state index is 0.0511. The maximum absolute atomic E-state index is 9.57. The van der Waals surface area contributed by atoms with Crippen LogP contribution in [0.4, 0.5) is 0 Å². The van der Waals surface area contributed by atoms with Gasteiger partial charge in [0, 0.05) is 5.56 Å². The van der Waals surface area contributed by atoms with Gasteiger partial charge in [-0.2, -0.15) is 0 Å². The number of aromatic hydroxyl groups is 1. The summed E-state index contributed by atoms with van der Waals surface area (Å²) in [4.78, 5) is 4.48. The zero-order valence-corrected chi connectivity index (χ0v) is 8.35. The maximum atomic E-state index is 9.57. The average Bonchev–Trinajstić information content (AvgIpc) is 2.09. The van der Waals surface area contributed by atoms with Crippen molar-refractivity contribution in [2.24, 2.45) is 5.90 Å². The highest BCUT2D eigenvalue weighted by molar-refractivity contribution is 6.32. The number of hydrogen-bond acceptors (Lipinski definition) is 3. The number of hydrogen-bond donors (Lipinski definition) is 2. The van der Waals surface area contributed by atoms with Crippen LogP contribution in [0.5, 0.6) is 5.75 Å². The van der Waals surface area contributed by atoms with Gasteiger partial charge in [-0.1, -0.05) is 11.6 Å². The van der Waals surface area contributed by atoms with Crippen molar-refractivity contribution in [2.45, 2.75) is 20.5 Å². The van der Waals surface area contributed by atoms with E-state index in [2.05, 4.69) is 4.84 Å². The minimum Gasteiger partial charge on any atom is -0.506 e. The van der Waals surface area contributed by atoms with Gasteiger partial charge < -0.3 is 5.11 Å². The minimum absolute atomic E-state index is 0.0511. The molecule has 0 radical (unpaired) electrons. The van der Waals surface area contributed by atoms with Gasteiger partial charge in [-0.05, 0) is 31.0 Å². The van der Waals surface area contributed by atoms with Crippen LogP contribution in [-0.2, 0) is 11.4 Å². The number of phenolic OH excluding ortho intramolecular Hbond substituents is 1. The van der Waals surface area contributed by atoms with Gasteiger partial charge in [0.1, 0.15) is 5.75 Å². The van der Waals surface area contributed by atoms with Gasteiger partial charge in [0.05, 0.1) is 11.6 Å². The van der Waals surface area contributed by atoms with Crippen molar-refractivity contribution in [3.63, 3.8) is 0 Å². The van der Waals surface area contributed by atoms with E-state index >= 15 is 0 Å². The van der Waals surface area contributed by atoms with Gasteiger partial charge in [0.25, 0.3) is 0 Å². The summed E-state index contributed by atoms with van der Waals surface area (Å²) in [5, 5.41) is 9.90. The Balaban J connectivity index is 3.28. The van der Waals surface area contributed by atoms with Crippen LogP contribution >= 0.6 is 11.6 Å². The number of rotatable bonds is 2. The molecular weight excluding hydrogens is 190 g/mol.